The predicted octanol–water partition coefficient (Wildman–Crippen LogP) is 23.7. The van der Waals surface area contributed by atoms with Gasteiger partial charge in [-0.1, -0.05) is 290 Å². The Morgan fingerprint density at radius 3 is 0.788 bits per heavy atom. The summed E-state index contributed by atoms with van der Waals surface area (Å²) in [5, 5.41) is 10.6. The first-order valence-corrected chi connectivity index (χ1v) is 43.4. The number of esters is 4. The van der Waals surface area contributed by atoms with Gasteiger partial charge >= 0.3 is 39.5 Å². The monoisotopic (exact) mass is 1500 g/mol. The van der Waals surface area contributed by atoms with Gasteiger partial charge in [0.2, 0.25) is 0 Å². The first-order chi connectivity index (χ1) is 50.7. The molecule has 3 N–H and O–H groups in total. The highest BCUT2D eigenvalue weighted by atomic mass is 31.2. The van der Waals surface area contributed by atoms with Gasteiger partial charge < -0.3 is 33.8 Å². The van der Waals surface area contributed by atoms with Crippen molar-refractivity contribution in [1.82, 2.24) is 0 Å². The van der Waals surface area contributed by atoms with Crippen LogP contribution in [0.2, 0.25) is 0 Å². The summed E-state index contributed by atoms with van der Waals surface area (Å²) >= 11 is 0. The third-order valence-corrected chi connectivity index (χ3v) is 18.5. The number of allylic oxidation sites excluding steroid dienone is 22. The molecule has 0 rings (SSSR count). The van der Waals surface area contributed by atoms with Crippen LogP contribution in [0.1, 0.15) is 323 Å². The molecule has 5 atom stereocenters. The number of aliphatic hydroxyl groups excluding tert-OH is 1. The number of aliphatic hydroxyl groups is 1. The Bertz CT molecular complexity index is 2490. The van der Waals surface area contributed by atoms with Gasteiger partial charge in [0.1, 0.15) is 19.3 Å². The maximum atomic E-state index is 13.1. The topological polar surface area (TPSA) is 237 Å². The second-order valence-corrected chi connectivity index (χ2v) is 29.5. The molecule has 0 aliphatic heterocycles. The highest BCUT2D eigenvalue weighted by Crippen LogP contribution is 2.45. The normalized spacial score (nSPS) is 14.6. The smallest absolute Gasteiger partial charge is 0.462 e. The average Bonchev–Trinajstić information content (AvgIpc) is 0.929. The Kier molecular flexibility index (Phi) is 72.9. The van der Waals surface area contributed by atoms with Crippen molar-refractivity contribution in [3.8, 4) is 0 Å². The van der Waals surface area contributed by atoms with Crippen LogP contribution in [-0.4, -0.2) is 96.7 Å². The molecule has 0 amide bonds. The maximum Gasteiger partial charge on any atom is 0.472 e. The maximum absolute atomic E-state index is 13.1. The Hall–Kier alpha value is -4.80. The number of carbonyl (C=O) groups is 4. The predicted molar refractivity (Wildman–Crippen MR) is 427 cm³/mol. The van der Waals surface area contributed by atoms with Crippen LogP contribution in [0.25, 0.3) is 0 Å². The van der Waals surface area contributed by atoms with E-state index in [1.807, 2.05) is 0 Å². The lowest BCUT2D eigenvalue weighted by atomic mass is 10.1. The molecule has 17 nitrogen and oxygen atoms in total. The molecule has 0 aliphatic rings. The van der Waals surface area contributed by atoms with Gasteiger partial charge in [-0.15, -0.1) is 0 Å². The number of carbonyl (C=O) groups excluding carboxylic acids is 4. The van der Waals surface area contributed by atoms with Crippen LogP contribution in [0.5, 0.6) is 0 Å². The number of unbranched alkanes of at least 4 members (excludes halogenated alkanes) is 27. The van der Waals surface area contributed by atoms with Crippen molar-refractivity contribution in [2.45, 2.75) is 341 Å². The Balaban J connectivity index is 5.38. The van der Waals surface area contributed by atoms with E-state index in [2.05, 4.69) is 161 Å². The summed E-state index contributed by atoms with van der Waals surface area (Å²) in [6, 6.07) is 0. The number of phosphoric ester groups is 2. The third kappa shape index (κ3) is 75.4. The quantitative estimate of drug-likeness (QED) is 0.0169. The van der Waals surface area contributed by atoms with E-state index in [9.17, 15) is 43.2 Å². The zero-order valence-corrected chi connectivity index (χ0v) is 66.9. The highest BCUT2D eigenvalue weighted by Gasteiger charge is 2.30. The highest BCUT2D eigenvalue weighted by molar-refractivity contribution is 7.47. The summed E-state index contributed by atoms with van der Waals surface area (Å²) in [6.45, 7) is 4.57. The lowest BCUT2D eigenvalue weighted by Crippen LogP contribution is -2.30. The van der Waals surface area contributed by atoms with Crippen molar-refractivity contribution >= 4 is 39.5 Å². The van der Waals surface area contributed by atoms with Crippen LogP contribution in [-0.2, 0) is 65.4 Å². The molecule has 0 fully saturated rings. The lowest BCUT2D eigenvalue weighted by molar-refractivity contribution is -0.161. The van der Waals surface area contributed by atoms with Gasteiger partial charge in [0.15, 0.2) is 12.2 Å². The van der Waals surface area contributed by atoms with E-state index in [1.54, 1.807) is 0 Å². The molecule has 0 spiro atoms. The minimum absolute atomic E-state index is 0.0748. The number of ether oxygens (including phenoxy) is 4. The largest absolute Gasteiger partial charge is 0.472 e. The third-order valence-electron chi connectivity index (χ3n) is 16.6. The first-order valence-electron chi connectivity index (χ1n) is 40.4. The minimum atomic E-state index is -4.99. The van der Waals surface area contributed by atoms with Crippen molar-refractivity contribution in [3.05, 3.63) is 134 Å². The summed E-state index contributed by atoms with van der Waals surface area (Å²) in [6.07, 6.45) is 85.7. The van der Waals surface area contributed by atoms with Crippen LogP contribution >= 0.6 is 15.6 Å². The number of hydrogen-bond acceptors (Lipinski definition) is 15. The van der Waals surface area contributed by atoms with E-state index in [0.29, 0.717) is 25.7 Å². The molecule has 0 aromatic rings. The van der Waals surface area contributed by atoms with Crippen LogP contribution in [0.3, 0.4) is 0 Å². The van der Waals surface area contributed by atoms with Gasteiger partial charge in [0.05, 0.1) is 26.4 Å². The van der Waals surface area contributed by atoms with Gasteiger partial charge in [-0.25, -0.2) is 9.13 Å². The molecular formula is C85H144O17P2. The Morgan fingerprint density at radius 1 is 0.279 bits per heavy atom. The van der Waals surface area contributed by atoms with Crippen LogP contribution in [0.15, 0.2) is 134 Å². The molecule has 104 heavy (non-hydrogen) atoms. The van der Waals surface area contributed by atoms with Crippen molar-refractivity contribution < 1.29 is 80.2 Å². The lowest BCUT2D eigenvalue weighted by Gasteiger charge is -2.21. The van der Waals surface area contributed by atoms with E-state index in [1.165, 1.54) is 77.0 Å². The minimum Gasteiger partial charge on any atom is -0.462 e. The van der Waals surface area contributed by atoms with Crippen LogP contribution in [0, 0.1) is 0 Å². The summed E-state index contributed by atoms with van der Waals surface area (Å²) < 4.78 is 68.6. The summed E-state index contributed by atoms with van der Waals surface area (Å²) in [4.78, 5) is 73.0. The molecule has 0 saturated carbocycles. The van der Waals surface area contributed by atoms with E-state index in [-0.39, 0.29) is 25.7 Å². The second kappa shape index (κ2) is 76.4. The molecule has 596 valence electrons. The molecule has 19 heteroatoms. The Morgan fingerprint density at radius 2 is 0.500 bits per heavy atom. The van der Waals surface area contributed by atoms with Crippen molar-refractivity contribution in [3.63, 3.8) is 0 Å². The average molecular weight is 1500 g/mol. The van der Waals surface area contributed by atoms with Crippen molar-refractivity contribution in [2.24, 2.45) is 0 Å². The standard InChI is InChI=1S/C85H144O17P2/c1-5-9-13-17-21-25-29-32-35-37-39-41-44-46-50-53-57-61-65-69-82(87)95-75-80(101-84(89)71-67-63-59-55-49-28-24-20-16-12-8-4)77-99-103(91,92)97-73-79(86)74-98-104(93,94)100-78-81(102-85(90)72-68-64-60-56-52-48-43-34-31-27-23-19-15-11-7-3)76-96-83(88)70-66-62-58-54-51-47-45-42-40-38-36-33-30-26-22-18-14-10-6-2/h9-10,13-14,21-22,25-26,32-36,39-43,46-47,50-51,79-81,86H,5-8,11-12,15-20,23-24,27-31,37-38,44-45,48-49,52-78H2,1-4H3,(H,91,92)(H,93,94)/b13-9-,14-10-,25-21-,26-22-,35-32-,36-33-,41-39-,42-40-,43-34-,50-46-,51-47-. The van der Waals surface area contributed by atoms with Crippen molar-refractivity contribution in [1.29, 1.82) is 0 Å². The number of hydrogen-bond donors (Lipinski definition) is 3. The molecule has 0 aliphatic carbocycles. The van der Waals surface area contributed by atoms with Gasteiger partial charge in [-0.3, -0.25) is 37.3 Å². The molecule has 0 radical (unpaired) electrons. The Labute approximate surface area is 631 Å². The van der Waals surface area contributed by atoms with E-state index >= 15 is 0 Å². The first kappa shape index (κ1) is 99.2. The second-order valence-electron chi connectivity index (χ2n) is 26.6. The SMILES string of the molecule is CC/C=C\C/C=C\C/C=C\C/C=C\C/C=C\CCCCCC(=O)OCC(COP(=O)(O)OCC(O)COP(=O)(O)OCC(COC(=O)CCCCC/C=C\C/C=C\C/C=C\C/C=C\C/C=C\CC)OC(=O)CCCCCCCCCCCCC)OC(=O)CCCCCCC/C=C\CCCCCCCC. The fourth-order valence-electron chi connectivity index (χ4n) is 10.5. The fourth-order valence-corrected chi connectivity index (χ4v) is 12.1. The van der Waals surface area contributed by atoms with Crippen molar-refractivity contribution in [2.75, 3.05) is 39.6 Å². The molecule has 0 aromatic carbocycles. The molecule has 0 aromatic heterocycles. The fraction of sp³-hybridized carbons (Fsp3) is 0.694. The molecule has 0 heterocycles. The van der Waals surface area contributed by atoms with E-state index < -0.39 is 97.5 Å². The molecule has 0 saturated heterocycles. The number of rotatable bonds is 75. The van der Waals surface area contributed by atoms with Crippen LogP contribution < -0.4 is 0 Å². The molecule has 5 unspecified atom stereocenters. The zero-order chi connectivity index (χ0) is 76.0. The van der Waals surface area contributed by atoms with E-state index in [4.69, 9.17) is 37.0 Å². The summed E-state index contributed by atoms with van der Waals surface area (Å²) in [5.41, 5.74) is 0. The summed E-state index contributed by atoms with van der Waals surface area (Å²) in [5.74, 6) is -2.25. The van der Waals surface area contributed by atoms with Gasteiger partial charge in [0.25, 0.3) is 0 Å². The van der Waals surface area contributed by atoms with Gasteiger partial charge in [-0.05, 0) is 141 Å². The zero-order valence-electron chi connectivity index (χ0n) is 65.2. The molecular weight excluding hydrogens is 1350 g/mol. The van der Waals surface area contributed by atoms with E-state index in [0.717, 1.165) is 167 Å². The number of phosphoric acid groups is 2. The van der Waals surface area contributed by atoms with Crippen LogP contribution in [0.4, 0.5) is 0 Å². The summed E-state index contributed by atoms with van der Waals surface area (Å²) in [7, 11) is -9.98. The van der Waals surface area contributed by atoms with Gasteiger partial charge in [-0.2, -0.15) is 0 Å². The molecule has 0 bridgehead atoms. The van der Waals surface area contributed by atoms with Gasteiger partial charge in [0, 0.05) is 25.7 Å².